The van der Waals surface area contributed by atoms with Gasteiger partial charge in [-0.25, -0.2) is 0 Å². The number of rotatable bonds is 0. The molecule has 0 aromatic carbocycles. The summed E-state index contributed by atoms with van der Waals surface area (Å²) in [6.45, 7) is 8.11. The van der Waals surface area contributed by atoms with Gasteiger partial charge in [-0.15, -0.1) is 0 Å². The highest BCUT2D eigenvalue weighted by molar-refractivity contribution is 5.72. The standard InChI is InChI=1S/C10H11N/c1-6-4-9-7(2)8(3)11-10(9)5-6/h4-5,11H,3H2,1-2H3. The van der Waals surface area contributed by atoms with Crippen molar-refractivity contribution in [1.29, 1.82) is 0 Å². The van der Waals surface area contributed by atoms with Crippen LogP contribution in [0.4, 0.5) is 0 Å². The summed E-state index contributed by atoms with van der Waals surface area (Å²) in [6.07, 6.45) is 4.34. The van der Waals surface area contributed by atoms with Crippen molar-refractivity contribution in [3.63, 3.8) is 0 Å². The van der Waals surface area contributed by atoms with Crippen molar-refractivity contribution in [2.45, 2.75) is 13.8 Å². The van der Waals surface area contributed by atoms with Crippen molar-refractivity contribution < 1.29 is 0 Å². The van der Waals surface area contributed by atoms with E-state index in [1.165, 1.54) is 22.0 Å². The summed E-state index contributed by atoms with van der Waals surface area (Å²) >= 11 is 0. The van der Waals surface area contributed by atoms with E-state index in [-0.39, 0.29) is 0 Å². The van der Waals surface area contributed by atoms with Gasteiger partial charge in [0, 0.05) is 16.3 Å². The van der Waals surface area contributed by atoms with Gasteiger partial charge >= 0.3 is 0 Å². The largest absolute Gasteiger partial charge is 0.355 e. The van der Waals surface area contributed by atoms with Gasteiger partial charge in [-0.05, 0) is 37.1 Å². The molecular weight excluding hydrogens is 134 g/mol. The first-order valence-corrected chi connectivity index (χ1v) is 3.76. The molecule has 0 saturated heterocycles. The third kappa shape index (κ3) is 0.773. The molecule has 0 radical (unpaired) electrons. The normalized spacial score (nSPS) is 14.2. The molecule has 1 heteroatoms. The summed E-state index contributed by atoms with van der Waals surface area (Å²) < 4.78 is 0. The van der Waals surface area contributed by atoms with Crippen LogP contribution in [0, 0.1) is 6.92 Å². The van der Waals surface area contributed by atoms with E-state index in [2.05, 4.69) is 37.6 Å². The Bertz CT molecular complexity index is 432. The lowest BCUT2D eigenvalue weighted by atomic mass is 10.2. The smallest absolute Gasteiger partial charge is 0.0463 e. The Morgan fingerprint density at radius 1 is 1.27 bits per heavy atom. The van der Waals surface area contributed by atoms with Crippen molar-refractivity contribution in [3.8, 4) is 0 Å². The second-order valence-corrected chi connectivity index (χ2v) is 3.09. The number of aromatic nitrogens is 1. The average Bonchev–Trinajstić information content (AvgIpc) is 2.37. The first kappa shape index (κ1) is 6.47. The van der Waals surface area contributed by atoms with Gasteiger partial charge in [0.1, 0.15) is 0 Å². The lowest BCUT2D eigenvalue weighted by Crippen LogP contribution is -2.07. The van der Waals surface area contributed by atoms with E-state index in [0.717, 1.165) is 5.35 Å². The molecule has 1 aromatic rings. The molecule has 56 valence electrons. The zero-order chi connectivity index (χ0) is 8.01. The molecule has 1 aromatic heterocycles. The fraction of sp³-hybridized carbons (Fsp3) is 0.200. The Labute approximate surface area is 65.8 Å². The van der Waals surface area contributed by atoms with Crippen LogP contribution in [0.1, 0.15) is 18.1 Å². The predicted octanol–water partition coefficient (Wildman–Crippen LogP) is 0.931. The first-order chi connectivity index (χ1) is 5.18. The van der Waals surface area contributed by atoms with Gasteiger partial charge in [-0.1, -0.05) is 6.58 Å². The highest BCUT2D eigenvalue weighted by Crippen LogP contribution is 2.10. The average molecular weight is 145 g/mol. The summed E-state index contributed by atoms with van der Waals surface area (Å²) in [7, 11) is 0. The number of nitrogens with one attached hydrogen (secondary N) is 1. The maximum absolute atomic E-state index is 3.90. The second kappa shape index (κ2) is 1.88. The maximum Gasteiger partial charge on any atom is 0.0463 e. The molecule has 0 atom stereocenters. The van der Waals surface area contributed by atoms with Crippen molar-refractivity contribution in [2.75, 3.05) is 0 Å². The van der Waals surface area contributed by atoms with E-state index < -0.39 is 0 Å². The number of allylic oxidation sites excluding steroid dienone is 1. The van der Waals surface area contributed by atoms with E-state index in [9.17, 15) is 0 Å². The molecule has 0 spiro atoms. The quantitative estimate of drug-likeness (QED) is 0.559. The van der Waals surface area contributed by atoms with Gasteiger partial charge < -0.3 is 4.98 Å². The second-order valence-electron chi connectivity index (χ2n) is 3.09. The van der Waals surface area contributed by atoms with Crippen LogP contribution in [0.25, 0.3) is 18.7 Å². The number of fused-ring (bicyclic) bond motifs is 1. The minimum atomic E-state index is 1.04. The van der Waals surface area contributed by atoms with Crippen LogP contribution in [0.15, 0.2) is 5.57 Å². The molecule has 0 saturated carbocycles. The van der Waals surface area contributed by atoms with Gasteiger partial charge in [-0.2, -0.15) is 0 Å². The van der Waals surface area contributed by atoms with Crippen molar-refractivity contribution in [3.05, 3.63) is 27.4 Å². The van der Waals surface area contributed by atoms with Crippen LogP contribution in [0.5, 0.6) is 0 Å². The third-order valence-electron chi connectivity index (χ3n) is 2.18. The fourth-order valence-corrected chi connectivity index (χ4v) is 1.49. The monoisotopic (exact) mass is 145 g/mol. The van der Waals surface area contributed by atoms with E-state index in [4.69, 9.17) is 0 Å². The number of H-pyrrole nitrogens is 1. The Kier molecular flexibility index (Phi) is 1.10. The number of aromatic amines is 1. The van der Waals surface area contributed by atoms with Crippen molar-refractivity contribution >= 4 is 18.7 Å². The molecule has 11 heavy (non-hydrogen) atoms. The van der Waals surface area contributed by atoms with E-state index >= 15 is 0 Å². The zero-order valence-corrected chi connectivity index (χ0v) is 6.86. The molecule has 1 aliphatic rings. The van der Waals surface area contributed by atoms with Crippen LogP contribution < -0.4 is 10.7 Å². The molecule has 1 heterocycles. The minimum Gasteiger partial charge on any atom is -0.355 e. The molecule has 0 aliphatic heterocycles. The molecule has 2 rings (SSSR count). The molecule has 1 N–H and O–H groups in total. The van der Waals surface area contributed by atoms with Gasteiger partial charge in [-0.3, -0.25) is 0 Å². The highest BCUT2D eigenvalue weighted by Gasteiger charge is 2.05. The molecule has 0 unspecified atom stereocenters. The third-order valence-corrected chi connectivity index (χ3v) is 2.18. The molecule has 0 amide bonds. The lowest BCUT2D eigenvalue weighted by Gasteiger charge is -1.86. The maximum atomic E-state index is 3.90. The summed E-state index contributed by atoms with van der Waals surface area (Å²) in [5, 5.41) is 2.25. The Morgan fingerprint density at radius 3 is 2.64 bits per heavy atom. The van der Waals surface area contributed by atoms with E-state index in [0.29, 0.717) is 0 Å². The molecule has 0 bridgehead atoms. The Hall–Kier alpha value is -1.24. The van der Waals surface area contributed by atoms with Crippen LogP contribution in [0.3, 0.4) is 0 Å². The minimum absolute atomic E-state index is 1.04. The number of hydrogen-bond acceptors (Lipinski definition) is 0. The lowest BCUT2D eigenvalue weighted by molar-refractivity contribution is 1.26. The van der Waals surface area contributed by atoms with Crippen LogP contribution >= 0.6 is 0 Å². The van der Waals surface area contributed by atoms with Gasteiger partial charge in [0.15, 0.2) is 0 Å². The van der Waals surface area contributed by atoms with Gasteiger partial charge in [0.05, 0.1) is 0 Å². The zero-order valence-electron chi connectivity index (χ0n) is 6.86. The van der Waals surface area contributed by atoms with Crippen LogP contribution in [-0.2, 0) is 0 Å². The number of hydrogen-bond donors (Lipinski definition) is 1. The molecule has 1 aliphatic carbocycles. The fourth-order valence-electron chi connectivity index (χ4n) is 1.49. The van der Waals surface area contributed by atoms with Crippen molar-refractivity contribution in [1.82, 2.24) is 4.98 Å². The molecule has 1 nitrogen and oxygen atoms in total. The highest BCUT2D eigenvalue weighted by atomic mass is 14.7. The summed E-state index contributed by atoms with van der Waals surface area (Å²) in [4.78, 5) is 3.24. The molecule has 0 fully saturated rings. The van der Waals surface area contributed by atoms with Crippen molar-refractivity contribution in [2.24, 2.45) is 0 Å². The van der Waals surface area contributed by atoms with Gasteiger partial charge in [0.2, 0.25) is 0 Å². The predicted molar refractivity (Wildman–Crippen MR) is 48.4 cm³/mol. The van der Waals surface area contributed by atoms with Gasteiger partial charge in [0.25, 0.3) is 0 Å². The van der Waals surface area contributed by atoms with E-state index in [1.807, 2.05) is 0 Å². The van der Waals surface area contributed by atoms with Crippen LogP contribution in [0.2, 0.25) is 0 Å². The Morgan fingerprint density at radius 2 is 2.00 bits per heavy atom. The topological polar surface area (TPSA) is 15.8 Å². The first-order valence-electron chi connectivity index (χ1n) is 3.76. The summed E-state index contributed by atoms with van der Waals surface area (Å²) in [5.41, 5.74) is 3.90. The summed E-state index contributed by atoms with van der Waals surface area (Å²) in [6, 6.07) is 0. The Balaban J connectivity index is 2.87. The summed E-state index contributed by atoms with van der Waals surface area (Å²) in [5.74, 6) is 0. The molecular formula is C10H11N. The van der Waals surface area contributed by atoms with Crippen LogP contribution in [-0.4, -0.2) is 4.98 Å². The van der Waals surface area contributed by atoms with E-state index in [1.54, 1.807) is 0 Å². The SMILES string of the molecule is C=c1[nH]c2c(c1C)C=C(C)C=2.